The molecule has 0 fully saturated rings. The number of nitrogens with one attached hydrogen (secondary N) is 1. The van der Waals surface area contributed by atoms with Crippen LogP contribution >= 0.6 is 0 Å². The van der Waals surface area contributed by atoms with Gasteiger partial charge < -0.3 is 15.8 Å². The van der Waals surface area contributed by atoms with E-state index < -0.39 is 18.0 Å². The molecule has 186 valence electrons. The highest BCUT2D eigenvalue weighted by Gasteiger charge is 2.46. The van der Waals surface area contributed by atoms with Crippen LogP contribution in [-0.2, 0) is 11.3 Å². The predicted octanol–water partition coefficient (Wildman–Crippen LogP) is 5.99. The van der Waals surface area contributed by atoms with E-state index in [4.69, 9.17) is 10.5 Å². The van der Waals surface area contributed by atoms with Gasteiger partial charge in [0.25, 0.3) is 5.91 Å². The quantitative estimate of drug-likeness (QED) is 0.363. The molecule has 7 heteroatoms. The van der Waals surface area contributed by atoms with Gasteiger partial charge in [-0.3, -0.25) is 4.79 Å². The van der Waals surface area contributed by atoms with Gasteiger partial charge in [0.1, 0.15) is 29.7 Å². The van der Waals surface area contributed by atoms with E-state index in [0.717, 1.165) is 44.6 Å². The Morgan fingerprint density at radius 2 is 1.62 bits per heavy atom. The van der Waals surface area contributed by atoms with Crippen LogP contribution in [0.1, 0.15) is 67.2 Å². The number of anilines is 1. The third kappa shape index (κ3) is 3.78. The van der Waals surface area contributed by atoms with Crippen LogP contribution in [0.25, 0.3) is 11.1 Å². The Kier molecular flexibility index (Phi) is 5.35. The number of ether oxygens (including phenoxy) is 1. The van der Waals surface area contributed by atoms with Gasteiger partial charge in [-0.05, 0) is 102 Å². The van der Waals surface area contributed by atoms with E-state index in [-0.39, 0.29) is 23.8 Å². The fraction of sp³-hybridized carbons (Fsp3) is 0.200. The molecule has 37 heavy (non-hydrogen) atoms. The topological polar surface area (TPSA) is 77.2 Å². The van der Waals surface area contributed by atoms with Gasteiger partial charge in [-0.25, -0.2) is 13.8 Å². The first-order valence-electron chi connectivity index (χ1n) is 12.1. The summed E-state index contributed by atoms with van der Waals surface area (Å²) >= 11 is 0. The Balaban J connectivity index is 1.30. The normalized spacial score (nSPS) is 17.0. The van der Waals surface area contributed by atoms with E-state index in [2.05, 4.69) is 10.3 Å². The van der Waals surface area contributed by atoms with Gasteiger partial charge in [-0.15, -0.1) is 0 Å². The molecule has 3 N–H and O–H groups in total. The van der Waals surface area contributed by atoms with E-state index in [1.54, 1.807) is 24.3 Å². The minimum Gasteiger partial charge on any atom is -0.384 e. The number of nitrogens with two attached hydrogens (primary N) is 1. The number of fused-ring (bicyclic) bond motifs is 8. The van der Waals surface area contributed by atoms with E-state index in [0.29, 0.717) is 16.9 Å². The average Bonchev–Trinajstić information content (AvgIpc) is 3.41. The molecule has 6 rings (SSSR count). The van der Waals surface area contributed by atoms with Crippen molar-refractivity contribution in [2.45, 2.75) is 39.5 Å². The molecule has 2 aliphatic heterocycles. The third-order valence-corrected chi connectivity index (χ3v) is 7.38. The summed E-state index contributed by atoms with van der Waals surface area (Å²) in [7, 11) is 0. The molecule has 3 heterocycles. The second-order valence-corrected chi connectivity index (χ2v) is 9.77. The van der Waals surface area contributed by atoms with E-state index in [9.17, 15) is 9.18 Å². The van der Waals surface area contributed by atoms with E-state index >= 15 is 4.39 Å². The molecule has 0 saturated heterocycles. The number of nitrogens with zero attached hydrogens (tertiary/aromatic N) is 1. The summed E-state index contributed by atoms with van der Waals surface area (Å²) in [4.78, 5) is 17.3. The van der Waals surface area contributed by atoms with Gasteiger partial charge in [0.05, 0.1) is 0 Å². The Labute approximate surface area is 213 Å². The van der Waals surface area contributed by atoms with Crippen molar-refractivity contribution in [1.82, 2.24) is 10.3 Å². The summed E-state index contributed by atoms with van der Waals surface area (Å²) in [5, 5.41) is 2.89. The van der Waals surface area contributed by atoms with Crippen LogP contribution < -0.4 is 11.1 Å². The standard InChI is InChI=1S/C30H25F2N3O2/c1-14-9-25(33)35-16(3)23(14)13-34-30(36)19-11-22-27(24(32)12-19)29-21-10-18(17-4-6-20(31)7-5-17)8-15(2)26(21)28(22)37-29/h4-12,28-29H,13H2,1-3H3,(H2,33,35)(H,34,36). The molecule has 5 nitrogen and oxygen atoms in total. The van der Waals surface area contributed by atoms with Crippen molar-refractivity contribution in [3.05, 3.63) is 116 Å². The molecule has 1 aromatic heterocycles. The van der Waals surface area contributed by atoms with Crippen molar-refractivity contribution in [1.29, 1.82) is 0 Å². The first kappa shape index (κ1) is 23.3. The lowest BCUT2D eigenvalue weighted by molar-refractivity contribution is 0.0844. The number of rotatable bonds is 4. The summed E-state index contributed by atoms with van der Waals surface area (Å²) in [6.07, 6.45) is -0.984. The number of hydrogen-bond donors (Lipinski definition) is 2. The van der Waals surface area contributed by atoms with Gasteiger partial charge in [-0.1, -0.05) is 18.2 Å². The molecule has 4 aromatic rings. The van der Waals surface area contributed by atoms with Crippen molar-refractivity contribution in [3.63, 3.8) is 0 Å². The smallest absolute Gasteiger partial charge is 0.251 e. The number of nitrogen functional groups attached to an aromatic ring is 1. The number of pyridine rings is 1. The highest BCUT2D eigenvalue weighted by molar-refractivity contribution is 5.94. The number of carbonyl (C=O) groups is 1. The van der Waals surface area contributed by atoms with Crippen LogP contribution in [0.3, 0.4) is 0 Å². The molecular formula is C30H25F2N3O2. The molecule has 0 radical (unpaired) electrons. The maximum Gasteiger partial charge on any atom is 0.251 e. The molecule has 2 aliphatic rings. The van der Waals surface area contributed by atoms with Crippen LogP contribution in [0.4, 0.5) is 14.6 Å². The molecule has 1 amide bonds. The number of aromatic nitrogens is 1. The van der Waals surface area contributed by atoms with Crippen molar-refractivity contribution in [2.75, 3.05) is 5.73 Å². The second-order valence-electron chi connectivity index (χ2n) is 9.77. The van der Waals surface area contributed by atoms with E-state index in [1.165, 1.54) is 18.2 Å². The number of amides is 1. The number of halogens is 2. The Morgan fingerprint density at radius 1 is 0.919 bits per heavy atom. The highest BCUT2D eigenvalue weighted by atomic mass is 19.1. The molecule has 0 spiro atoms. The van der Waals surface area contributed by atoms with Crippen molar-refractivity contribution < 1.29 is 18.3 Å². The molecule has 2 bridgehead atoms. The first-order chi connectivity index (χ1) is 17.7. The Bertz CT molecular complexity index is 1570. The van der Waals surface area contributed by atoms with Crippen LogP contribution in [0, 0.1) is 32.4 Å². The summed E-state index contributed by atoms with van der Waals surface area (Å²) in [6.45, 7) is 6.01. The molecule has 2 atom stereocenters. The first-order valence-corrected chi connectivity index (χ1v) is 12.1. The van der Waals surface area contributed by atoms with Crippen molar-refractivity contribution >= 4 is 11.7 Å². The number of carbonyl (C=O) groups excluding carboxylic acids is 1. The van der Waals surface area contributed by atoms with Crippen LogP contribution in [-0.4, -0.2) is 10.9 Å². The van der Waals surface area contributed by atoms with Gasteiger partial charge in [0, 0.05) is 23.4 Å². The van der Waals surface area contributed by atoms with Crippen LogP contribution in [0.15, 0.2) is 54.6 Å². The Morgan fingerprint density at radius 3 is 2.35 bits per heavy atom. The van der Waals surface area contributed by atoms with Crippen LogP contribution in [0.2, 0.25) is 0 Å². The zero-order chi connectivity index (χ0) is 26.0. The number of aryl methyl sites for hydroxylation is 3. The van der Waals surface area contributed by atoms with E-state index in [1.807, 2.05) is 32.9 Å². The van der Waals surface area contributed by atoms with Gasteiger partial charge in [-0.2, -0.15) is 0 Å². The van der Waals surface area contributed by atoms with Crippen molar-refractivity contribution in [2.24, 2.45) is 0 Å². The summed E-state index contributed by atoms with van der Waals surface area (Å²) in [5.41, 5.74) is 14.5. The summed E-state index contributed by atoms with van der Waals surface area (Å²) in [5.74, 6) is -0.702. The maximum absolute atomic E-state index is 15.4. The average molecular weight is 498 g/mol. The molecule has 3 aromatic carbocycles. The second kappa shape index (κ2) is 8.49. The lowest BCUT2D eigenvalue weighted by Gasteiger charge is -2.20. The minimum atomic E-state index is -0.544. The minimum absolute atomic E-state index is 0.244. The Hall–Kier alpha value is -4.10. The molecule has 0 saturated carbocycles. The summed E-state index contributed by atoms with van der Waals surface area (Å²) in [6, 6.07) is 15.1. The number of hydrogen-bond acceptors (Lipinski definition) is 4. The number of benzene rings is 3. The summed E-state index contributed by atoms with van der Waals surface area (Å²) < 4.78 is 35.1. The largest absolute Gasteiger partial charge is 0.384 e. The highest BCUT2D eigenvalue weighted by Crippen LogP contribution is 2.56. The lowest BCUT2D eigenvalue weighted by Crippen LogP contribution is -2.24. The predicted molar refractivity (Wildman–Crippen MR) is 137 cm³/mol. The molecular weight excluding hydrogens is 472 g/mol. The third-order valence-electron chi connectivity index (χ3n) is 7.38. The van der Waals surface area contributed by atoms with Gasteiger partial charge >= 0.3 is 0 Å². The fourth-order valence-electron chi connectivity index (χ4n) is 5.63. The fourth-order valence-corrected chi connectivity index (χ4v) is 5.63. The lowest BCUT2D eigenvalue weighted by atomic mass is 9.81. The maximum atomic E-state index is 15.4. The van der Waals surface area contributed by atoms with Crippen molar-refractivity contribution in [3.8, 4) is 11.1 Å². The van der Waals surface area contributed by atoms with Gasteiger partial charge in [0.2, 0.25) is 0 Å². The SMILES string of the molecule is Cc1cc(N)nc(C)c1CNC(=O)c1cc(F)c2c(c1)C1OC2c2cc(-c3ccc(F)cc3)cc(C)c21. The van der Waals surface area contributed by atoms with Crippen LogP contribution in [0.5, 0.6) is 0 Å². The zero-order valence-corrected chi connectivity index (χ0v) is 20.7. The van der Waals surface area contributed by atoms with Gasteiger partial charge in [0.15, 0.2) is 0 Å². The molecule has 2 unspecified atom stereocenters. The zero-order valence-electron chi connectivity index (χ0n) is 20.7. The monoisotopic (exact) mass is 497 g/mol. The molecule has 0 aliphatic carbocycles.